The first-order chi connectivity index (χ1) is 10.2. The van der Waals surface area contributed by atoms with Crippen LogP contribution in [0, 0.1) is 29.6 Å². The second-order valence-electron chi connectivity index (χ2n) is 8.64. The zero-order valence-corrected chi connectivity index (χ0v) is 13.2. The Hall–Kier alpha value is -0.570. The van der Waals surface area contributed by atoms with Crippen LogP contribution in [-0.4, -0.2) is 18.0 Å². The van der Waals surface area contributed by atoms with Gasteiger partial charge in [-0.25, -0.2) is 0 Å². The fourth-order valence-corrected chi connectivity index (χ4v) is 6.29. The van der Waals surface area contributed by atoms with Crippen LogP contribution in [0.15, 0.2) is 0 Å². The van der Waals surface area contributed by atoms with E-state index in [2.05, 4.69) is 5.32 Å². The van der Waals surface area contributed by atoms with Gasteiger partial charge in [-0.1, -0.05) is 0 Å². The van der Waals surface area contributed by atoms with Crippen LogP contribution >= 0.6 is 0 Å². The molecule has 3 heteroatoms. The Morgan fingerprint density at radius 3 is 1.95 bits per heavy atom. The number of hydrogen-bond acceptors (Lipinski definition) is 2. The molecule has 3 nitrogen and oxygen atoms in total. The van der Waals surface area contributed by atoms with E-state index in [1.165, 1.54) is 38.5 Å². The molecule has 0 atom stereocenters. The molecule has 0 saturated heterocycles. The van der Waals surface area contributed by atoms with Gasteiger partial charge in [-0.05, 0) is 94.4 Å². The average molecular weight is 290 g/mol. The van der Waals surface area contributed by atoms with Gasteiger partial charge in [-0.2, -0.15) is 0 Å². The van der Waals surface area contributed by atoms with Crippen molar-refractivity contribution < 1.29 is 4.79 Å². The number of nitrogens with one attached hydrogen (secondary N) is 1. The van der Waals surface area contributed by atoms with Gasteiger partial charge >= 0.3 is 0 Å². The smallest absolute Gasteiger partial charge is 0.223 e. The number of nitrogens with two attached hydrogens (primary N) is 1. The normalized spacial score (nSPS) is 48.3. The lowest BCUT2D eigenvalue weighted by molar-refractivity contribution is -0.132. The van der Waals surface area contributed by atoms with Crippen molar-refractivity contribution in [1.29, 1.82) is 0 Å². The Morgan fingerprint density at radius 1 is 0.952 bits per heavy atom. The third-order valence-electron chi connectivity index (χ3n) is 6.98. The van der Waals surface area contributed by atoms with Gasteiger partial charge in [0.15, 0.2) is 0 Å². The lowest BCUT2D eigenvalue weighted by Crippen LogP contribution is -2.60. The molecule has 5 fully saturated rings. The van der Waals surface area contributed by atoms with Gasteiger partial charge in [0.2, 0.25) is 5.91 Å². The highest BCUT2D eigenvalue weighted by atomic mass is 16.2. The summed E-state index contributed by atoms with van der Waals surface area (Å²) in [6.45, 7) is 0.795. The molecule has 0 spiro atoms. The van der Waals surface area contributed by atoms with Crippen molar-refractivity contribution in [1.82, 2.24) is 5.32 Å². The summed E-state index contributed by atoms with van der Waals surface area (Å²) < 4.78 is 0. The average Bonchev–Trinajstić information content (AvgIpc) is 2.45. The van der Waals surface area contributed by atoms with Gasteiger partial charge in [0, 0.05) is 11.5 Å². The zero-order valence-electron chi connectivity index (χ0n) is 13.2. The number of carbonyl (C=O) groups excluding carboxylic acids is 1. The molecule has 0 radical (unpaired) electrons. The monoisotopic (exact) mass is 290 g/mol. The second kappa shape index (κ2) is 5.26. The van der Waals surface area contributed by atoms with E-state index < -0.39 is 0 Å². The Balaban J connectivity index is 1.38. The van der Waals surface area contributed by atoms with E-state index in [0.29, 0.717) is 11.8 Å². The first-order valence-corrected chi connectivity index (χ1v) is 9.18. The summed E-state index contributed by atoms with van der Waals surface area (Å²) >= 11 is 0. The molecule has 0 aromatic carbocycles. The van der Waals surface area contributed by atoms with E-state index in [-0.39, 0.29) is 11.5 Å². The van der Waals surface area contributed by atoms with Crippen LogP contribution in [-0.2, 0) is 4.79 Å². The standard InChI is InChI=1S/C18H30N2O/c19-11-12-1-3-16(4-2-12)17(21)20-18-8-13-5-14(9-18)7-15(6-13)10-18/h12-16H,1-11,19H2,(H,20,21). The Bertz CT molecular complexity index is 376. The summed E-state index contributed by atoms with van der Waals surface area (Å²) in [4.78, 5) is 12.7. The number of rotatable bonds is 3. The van der Waals surface area contributed by atoms with Crippen molar-refractivity contribution in [2.24, 2.45) is 35.3 Å². The summed E-state index contributed by atoms with van der Waals surface area (Å²) in [5, 5.41) is 3.56. The molecule has 4 bridgehead atoms. The molecule has 0 heterocycles. The topological polar surface area (TPSA) is 55.1 Å². The summed E-state index contributed by atoms with van der Waals surface area (Å²) in [5.74, 6) is 4.01. The maximum Gasteiger partial charge on any atom is 0.223 e. The quantitative estimate of drug-likeness (QED) is 0.840. The highest BCUT2D eigenvalue weighted by Crippen LogP contribution is 2.55. The van der Waals surface area contributed by atoms with Crippen molar-refractivity contribution in [2.45, 2.75) is 69.7 Å². The maximum absolute atomic E-state index is 12.7. The molecule has 118 valence electrons. The molecule has 0 aromatic rings. The molecule has 5 saturated carbocycles. The Morgan fingerprint density at radius 2 is 1.48 bits per heavy atom. The number of carbonyl (C=O) groups is 1. The van der Waals surface area contributed by atoms with E-state index in [1.54, 1.807) is 0 Å². The van der Waals surface area contributed by atoms with Gasteiger partial charge in [0.25, 0.3) is 0 Å². The summed E-state index contributed by atoms with van der Waals surface area (Å²) in [7, 11) is 0. The molecule has 1 amide bonds. The highest BCUT2D eigenvalue weighted by molar-refractivity contribution is 5.79. The molecule has 0 aliphatic heterocycles. The fourth-order valence-electron chi connectivity index (χ4n) is 6.29. The van der Waals surface area contributed by atoms with E-state index in [0.717, 1.165) is 50.0 Å². The summed E-state index contributed by atoms with van der Waals surface area (Å²) in [6.07, 6.45) is 12.5. The van der Waals surface area contributed by atoms with Gasteiger partial charge in [0.1, 0.15) is 0 Å². The van der Waals surface area contributed by atoms with E-state index in [1.807, 2.05) is 0 Å². The fraction of sp³-hybridized carbons (Fsp3) is 0.944. The predicted octanol–water partition coefficient (Wildman–Crippen LogP) is 2.84. The minimum Gasteiger partial charge on any atom is -0.350 e. The van der Waals surface area contributed by atoms with E-state index in [4.69, 9.17) is 5.73 Å². The molecule has 0 unspecified atom stereocenters. The van der Waals surface area contributed by atoms with Crippen LogP contribution in [0.2, 0.25) is 0 Å². The third kappa shape index (κ3) is 2.62. The molecule has 5 aliphatic rings. The molecule has 0 aromatic heterocycles. The van der Waals surface area contributed by atoms with Gasteiger partial charge in [0.05, 0.1) is 0 Å². The minimum atomic E-state index is 0.191. The summed E-state index contributed by atoms with van der Waals surface area (Å²) in [5.41, 5.74) is 5.95. The van der Waals surface area contributed by atoms with E-state index in [9.17, 15) is 4.79 Å². The largest absolute Gasteiger partial charge is 0.350 e. The van der Waals surface area contributed by atoms with Gasteiger partial charge in [-0.15, -0.1) is 0 Å². The van der Waals surface area contributed by atoms with Gasteiger partial charge < -0.3 is 11.1 Å². The van der Waals surface area contributed by atoms with Crippen molar-refractivity contribution in [3.8, 4) is 0 Å². The van der Waals surface area contributed by atoms with Crippen molar-refractivity contribution in [3.05, 3.63) is 0 Å². The molecular weight excluding hydrogens is 260 g/mol. The minimum absolute atomic E-state index is 0.191. The first kappa shape index (κ1) is 14.0. The molecular formula is C18H30N2O. The van der Waals surface area contributed by atoms with E-state index >= 15 is 0 Å². The molecule has 21 heavy (non-hydrogen) atoms. The van der Waals surface area contributed by atoms with Gasteiger partial charge in [-0.3, -0.25) is 4.79 Å². The molecule has 5 rings (SSSR count). The summed E-state index contributed by atoms with van der Waals surface area (Å²) in [6, 6.07) is 0. The lowest BCUT2D eigenvalue weighted by atomic mass is 9.53. The van der Waals surface area contributed by atoms with Crippen molar-refractivity contribution >= 4 is 5.91 Å². The van der Waals surface area contributed by atoms with Crippen LogP contribution in [0.25, 0.3) is 0 Å². The van der Waals surface area contributed by atoms with Crippen LogP contribution < -0.4 is 11.1 Å². The Kier molecular flexibility index (Phi) is 3.52. The van der Waals surface area contributed by atoms with Crippen LogP contribution in [0.4, 0.5) is 0 Å². The predicted molar refractivity (Wildman–Crippen MR) is 83.5 cm³/mol. The number of hydrogen-bond donors (Lipinski definition) is 2. The Labute approximate surface area is 128 Å². The molecule has 5 aliphatic carbocycles. The van der Waals surface area contributed by atoms with Crippen molar-refractivity contribution in [3.63, 3.8) is 0 Å². The van der Waals surface area contributed by atoms with Crippen LogP contribution in [0.5, 0.6) is 0 Å². The third-order valence-corrected chi connectivity index (χ3v) is 6.98. The van der Waals surface area contributed by atoms with Crippen molar-refractivity contribution in [2.75, 3.05) is 6.54 Å². The lowest BCUT2D eigenvalue weighted by Gasteiger charge is -2.57. The molecule has 3 N–H and O–H groups in total. The SMILES string of the molecule is NCC1CCC(C(=O)NC23CC4CC(CC(C4)C2)C3)CC1. The number of amides is 1. The van der Waals surface area contributed by atoms with Crippen LogP contribution in [0.3, 0.4) is 0 Å². The van der Waals surface area contributed by atoms with Crippen LogP contribution in [0.1, 0.15) is 64.2 Å². The zero-order chi connectivity index (χ0) is 14.4. The first-order valence-electron chi connectivity index (χ1n) is 9.18. The highest BCUT2D eigenvalue weighted by Gasteiger charge is 2.51. The second-order valence-corrected chi connectivity index (χ2v) is 8.64. The maximum atomic E-state index is 12.7.